The first-order valence-electron chi connectivity index (χ1n) is 7.13. The highest BCUT2D eigenvalue weighted by atomic mass is 32.2. The van der Waals surface area contributed by atoms with E-state index in [4.69, 9.17) is 5.26 Å². The van der Waals surface area contributed by atoms with Crippen molar-refractivity contribution >= 4 is 35.2 Å². The van der Waals surface area contributed by atoms with Gasteiger partial charge < -0.3 is 4.90 Å². The molecule has 0 aliphatic carbocycles. The van der Waals surface area contributed by atoms with Gasteiger partial charge in [-0.3, -0.25) is 0 Å². The fourth-order valence-corrected chi connectivity index (χ4v) is 4.04. The Hall–Kier alpha value is -1.18. The number of rotatable bonds is 7. The molecule has 0 spiro atoms. The van der Waals surface area contributed by atoms with E-state index in [0.29, 0.717) is 0 Å². The van der Waals surface area contributed by atoms with Gasteiger partial charge in [-0.2, -0.15) is 0 Å². The highest BCUT2D eigenvalue weighted by molar-refractivity contribution is 7.99. The summed E-state index contributed by atoms with van der Waals surface area (Å²) < 4.78 is 4.39. The van der Waals surface area contributed by atoms with Crippen LogP contribution in [-0.4, -0.2) is 17.6 Å². The highest BCUT2D eigenvalue weighted by Gasteiger charge is 2.21. The van der Waals surface area contributed by atoms with Gasteiger partial charge in [-0.1, -0.05) is 41.1 Å². The Labute approximate surface area is 138 Å². The lowest BCUT2D eigenvalue weighted by Crippen LogP contribution is -2.21. The van der Waals surface area contributed by atoms with Crippen molar-refractivity contribution in [3.05, 3.63) is 48.5 Å². The average Bonchev–Trinajstić information content (AvgIpc) is 2.57. The zero-order chi connectivity index (χ0) is 15.2. The summed E-state index contributed by atoms with van der Waals surface area (Å²) in [5.41, 5.74) is 2.54. The molecule has 0 saturated heterocycles. The Morgan fingerprint density at radius 1 is 0.955 bits per heavy atom. The van der Waals surface area contributed by atoms with Crippen LogP contribution in [-0.2, 0) is 9.37 Å². The van der Waals surface area contributed by atoms with Gasteiger partial charge in [0, 0.05) is 34.1 Å². The standard InChI is InChI=1S/C16H17NO3S2/c18-19-20-21-12-6-5-11-17-13-7-1-3-9-15(13)22-16-10-4-2-8-14(16)17/h1-4,7-10,18H,5-6,11-12H2. The molecule has 6 heteroatoms. The summed E-state index contributed by atoms with van der Waals surface area (Å²) in [6.45, 7) is 0.954. The largest absolute Gasteiger partial charge is 0.340 e. The topological polar surface area (TPSA) is 41.9 Å². The fourth-order valence-electron chi connectivity index (χ4n) is 2.51. The van der Waals surface area contributed by atoms with Gasteiger partial charge in [0.05, 0.1) is 11.4 Å². The molecule has 22 heavy (non-hydrogen) atoms. The quantitative estimate of drug-likeness (QED) is 0.327. The van der Waals surface area contributed by atoms with E-state index in [1.165, 1.54) is 21.2 Å². The number of nitrogens with zero attached hydrogens (tertiary/aromatic N) is 1. The molecule has 1 heterocycles. The van der Waals surface area contributed by atoms with Gasteiger partial charge in [0.25, 0.3) is 0 Å². The number of anilines is 2. The van der Waals surface area contributed by atoms with E-state index in [9.17, 15) is 0 Å². The van der Waals surface area contributed by atoms with E-state index in [2.05, 4.69) is 62.8 Å². The molecule has 0 aromatic heterocycles. The predicted octanol–water partition coefficient (Wildman–Crippen LogP) is 5.14. The molecule has 0 unspecified atom stereocenters. The van der Waals surface area contributed by atoms with Crippen LogP contribution in [0.3, 0.4) is 0 Å². The van der Waals surface area contributed by atoms with Crippen LogP contribution in [0, 0.1) is 0 Å². The maximum Gasteiger partial charge on any atom is 0.0552 e. The molecule has 2 aromatic rings. The number of unbranched alkanes of at least 4 members (excludes halogenated alkanes) is 1. The van der Waals surface area contributed by atoms with Gasteiger partial charge in [0.1, 0.15) is 0 Å². The normalized spacial score (nSPS) is 12.9. The van der Waals surface area contributed by atoms with Crippen molar-refractivity contribution in [3.8, 4) is 0 Å². The first kappa shape index (κ1) is 15.7. The molecule has 0 atom stereocenters. The van der Waals surface area contributed by atoms with Gasteiger partial charge in [0.15, 0.2) is 0 Å². The second kappa shape index (κ2) is 7.89. The lowest BCUT2D eigenvalue weighted by Gasteiger charge is -2.32. The number of benzene rings is 2. The van der Waals surface area contributed by atoms with Crippen LogP contribution in [0.15, 0.2) is 58.3 Å². The number of hydrogen-bond donors (Lipinski definition) is 1. The van der Waals surface area contributed by atoms with E-state index in [0.717, 1.165) is 37.2 Å². The van der Waals surface area contributed by atoms with Crippen molar-refractivity contribution in [2.24, 2.45) is 0 Å². The molecular weight excluding hydrogens is 318 g/mol. The van der Waals surface area contributed by atoms with Crippen LogP contribution >= 0.6 is 23.8 Å². The second-order valence-electron chi connectivity index (χ2n) is 4.86. The minimum absolute atomic E-state index is 0.784. The van der Waals surface area contributed by atoms with Crippen LogP contribution in [0.2, 0.25) is 0 Å². The summed E-state index contributed by atoms with van der Waals surface area (Å²) >= 11 is 2.94. The average molecular weight is 335 g/mol. The van der Waals surface area contributed by atoms with Crippen LogP contribution < -0.4 is 4.90 Å². The number of para-hydroxylation sites is 2. The molecule has 0 radical (unpaired) electrons. The smallest absolute Gasteiger partial charge is 0.0552 e. The summed E-state index contributed by atoms with van der Waals surface area (Å²) in [7, 11) is 0. The zero-order valence-electron chi connectivity index (χ0n) is 12.0. The Bertz CT molecular complexity index is 578. The minimum Gasteiger partial charge on any atom is -0.340 e. The van der Waals surface area contributed by atoms with Crippen molar-refractivity contribution in [3.63, 3.8) is 0 Å². The third kappa shape index (κ3) is 3.59. The molecule has 116 valence electrons. The maximum absolute atomic E-state index is 8.09. The van der Waals surface area contributed by atoms with Crippen molar-refractivity contribution in [1.82, 2.24) is 0 Å². The van der Waals surface area contributed by atoms with Crippen molar-refractivity contribution < 1.29 is 14.6 Å². The van der Waals surface area contributed by atoms with Crippen molar-refractivity contribution in [2.75, 3.05) is 17.2 Å². The monoisotopic (exact) mass is 335 g/mol. The zero-order valence-corrected chi connectivity index (χ0v) is 13.6. The lowest BCUT2D eigenvalue weighted by atomic mass is 10.2. The van der Waals surface area contributed by atoms with Crippen LogP contribution in [0.4, 0.5) is 11.4 Å². The van der Waals surface area contributed by atoms with E-state index in [-0.39, 0.29) is 0 Å². The van der Waals surface area contributed by atoms with Crippen LogP contribution in [0.1, 0.15) is 12.8 Å². The maximum atomic E-state index is 8.09. The summed E-state index contributed by atoms with van der Waals surface area (Å²) in [6.07, 6.45) is 2.02. The lowest BCUT2D eigenvalue weighted by molar-refractivity contribution is -0.432. The SMILES string of the molecule is OOOSCCCCN1c2ccccc2Sc2ccccc21. The minimum atomic E-state index is 0.784. The molecule has 0 bridgehead atoms. The molecule has 0 fully saturated rings. The molecule has 3 rings (SSSR count). The first-order valence-corrected chi connectivity index (χ1v) is 8.86. The molecule has 0 amide bonds. The van der Waals surface area contributed by atoms with Gasteiger partial charge in [-0.15, -0.1) is 4.33 Å². The highest BCUT2D eigenvalue weighted by Crippen LogP contribution is 2.47. The molecule has 1 aliphatic rings. The molecular formula is C16H17NO3S2. The summed E-state index contributed by atoms with van der Waals surface area (Å²) in [6, 6.07) is 17.0. The Kier molecular flexibility index (Phi) is 5.64. The second-order valence-corrected chi connectivity index (χ2v) is 6.72. The van der Waals surface area contributed by atoms with Gasteiger partial charge in [-0.25, -0.2) is 5.26 Å². The molecule has 1 aliphatic heterocycles. The van der Waals surface area contributed by atoms with E-state index in [1.54, 1.807) is 0 Å². The summed E-state index contributed by atoms with van der Waals surface area (Å²) in [5, 5.41) is 11.7. The van der Waals surface area contributed by atoms with Gasteiger partial charge in [-0.05, 0) is 37.1 Å². The van der Waals surface area contributed by atoms with Crippen LogP contribution in [0.25, 0.3) is 0 Å². The Morgan fingerprint density at radius 2 is 1.59 bits per heavy atom. The third-order valence-electron chi connectivity index (χ3n) is 3.47. The molecule has 2 aromatic carbocycles. The van der Waals surface area contributed by atoms with Crippen molar-refractivity contribution in [2.45, 2.75) is 22.6 Å². The van der Waals surface area contributed by atoms with Crippen molar-refractivity contribution in [1.29, 1.82) is 0 Å². The van der Waals surface area contributed by atoms with Crippen LogP contribution in [0.5, 0.6) is 0 Å². The first-order chi connectivity index (χ1) is 10.9. The molecule has 4 nitrogen and oxygen atoms in total. The Morgan fingerprint density at radius 3 is 2.23 bits per heavy atom. The summed E-state index contributed by atoms with van der Waals surface area (Å²) in [5.74, 6) is 0.784. The fraction of sp³-hybridized carbons (Fsp3) is 0.250. The molecule has 1 N–H and O–H groups in total. The van der Waals surface area contributed by atoms with Gasteiger partial charge in [0.2, 0.25) is 0 Å². The van der Waals surface area contributed by atoms with E-state index < -0.39 is 0 Å². The van der Waals surface area contributed by atoms with E-state index in [1.807, 2.05) is 11.8 Å². The number of hydrogen-bond acceptors (Lipinski definition) is 6. The predicted molar refractivity (Wildman–Crippen MR) is 90.5 cm³/mol. The molecule has 0 saturated carbocycles. The Balaban J connectivity index is 1.70. The van der Waals surface area contributed by atoms with Gasteiger partial charge >= 0.3 is 0 Å². The third-order valence-corrected chi connectivity index (χ3v) is 5.21. The van der Waals surface area contributed by atoms with E-state index >= 15 is 0 Å². The summed E-state index contributed by atoms with van der Waals surface area (Å²) in [4.78, 5) is 4.98. The number of fused-ring (bicyclic) bond motifs is 2.